The van der Waals surface area contributed by atoms with Crippen LogP contribution < -0.4 is 10.5 Å². The molecule has 1 saturated carbocycles. The maximum absolute atomic E-state index is 11.4. The molecule has 0 bridgehead atoms. The standard InChI is InChI=1S/C10H14ClN3O2/c1-16-5-4-14(7-2-3-7)9-8(11)10(15)13-6-12-9/h6-7H,2-5H2,1H3,(H,12,13,15). The van der Waals surface area contributed by atoms with Gasteiger partial charge in [-0.2, -0.15) is 0 Å². The molecule has 0 unspecified atom stereocenters. The number of hydrogen-bond donors (Lipinski definition) is 1. The predicted molar refractivity (Wildman–Crippen MR) is 62.1 cm³/mol. The molecule has 0 aliphatic heterocycles. The van der Waals surface area contributed by atoms with Crippen molar-refractivity contribution >= 4 is 17.4 Å². The van der Waals surface area contributed by atoms with Gasteiger partial charge in [-0.1, -0.05) is 11.6 Å². The van der Waals surface area contributed by atoms with Crippen LogP contribution in [0.4, 0.5) is 5.82 Å². The second-order valence-electron chi connectivity index (χ2n) is 3.79. The van der Waals surface area contributed by atoms with Crippen molar-refractivity contribution in [1.29, 1.82) is 0 Å². The van der Waals surface area contributed by atoms with Crippen LogP contribution in [0.25, 0.3) is 0 Å². The van der Waals surface area contributed by atoms with E-state index in [1.165, 1.54) is 6.33 Å². The Kier molecular flexibility index (Phi) is 3.46. The van der Waals surface area contributed by atoms with Crippen molar-refractivity contribution in [3.63, 3.8) is 0 Å². The van der Waals surface area contributed by atoms with Crippen molar-refractivity contribution in [2.45, 2.75) is 18.9 Å². The largest absolute Gasteiger partial charge is 0.383 e. The average Bonchev–Trinajstić information content (AvgIpc) is 3.08. The number of anilines is 1. The molecule has 1 aromatic rings. The van der Waals surface area contributed by atoms with E-state index in [0.29, 0.717) is 25.0 Å². The number of hydrogen-bond acceptors (Lipinski definition) is 4. The van der Waals surface area contributed by atoms with Gasteiger partial charge in [0, 0.05) is 19.7 Å². The van der Waals surface area contributed by atoms with Crippen LogP contribution in [0.5, 0.6) is 0 Å². The summed E-state index contributed by atoms with van der Waals surface area (Å²) in [5.41, 5.74) is -0.297. The van der Waals surface area contributed by atoms with E-state index in [2.05, 4.69) is 9.97 Å². The molecule has 2 rings (SSSR count). The molecule has 16 heavy (non-hydrogen) atoms. The van der Waals surface area contributed by atoms with Crippen molar-refractivity contribution in [2.75, 3.05) is 25.2 Å². The van der Waals surface area contributed by atoms with Crippen molar-refractivity contribution < 1.29 is 4.74 Å². The zero-order chi connectivity index (χ0) is 11.5. The van der Waals surface area contributed by atoms with Gasteiger partial charge in [0.15, 0.2) is 5.82 Å². The van der Waals surface area contributed by atoms with E-state index in [1.807, 2.05) is 4.90 Å². The number of methoxy groups -OCH3 is 1. The third kappa shape index (κ3) is 2.36. The highest BCUT2D eigenvalue weighted by Gasteiger charge is 2.31. The molecule has 1 fully saturated rings. The van der Waals surface area contributed by atoms with Crippen LogP contribution in [0.1, 0.15) is 12.8 Å². The maximum atomic E-state index is 11.4. The van der Waals surface area contributed by atoms with Gasteiger partial charge < -0.3 is 14.6 Å². The zero-order valence-electron chi connectivity index (χ0n) is 9.07. The Balaban J connectivity index is 2.24. The molecular formula is C10H14ClN3O2. The van der Waals surface area contributed by atoms with Gasteiger partial charge in [0.05, 0.1) is 12.9 Å². The molecule has 0 aromatic carbocycles. The van der Waals surface area contributed by atoms with Gasteiger partial charge in [-0.25, -0.2) is 4.98 Å². The predicted octanol–water partition coefficient (Wildman–Crippen LogP) is 1.04. The van der Waals surface area contributed by atoms with Crippen LogP contribution in [0, 0.1) is 0 Å². The number of nitrogens with one attached hydrogen (secondary N) is 1. The second kappa shape index (κ2) is 4.84. The van der Waals surface area contributed by atoms with Gasteiger partial charge in [0.1, 0.15) is 5.02 Å². The summed E-state index contributed by atoms with van der Waals surface area (Å²) >= 11 is 5.95. The molecular weight excluding hydrogens is 230 g/mol. The van der Waals surface area contributed by atoms with Crippen LogP contribution in [0.3, 0.4) is 0 Å². The maximum Gasteiger partial charge on any atom is 0.271 e. The molecule has 0 radical (unpaired) electrons. The quantitative estimate of drug-likeness (QED) is 0.840. The van der Waals surface area contributed by atoms with E-state index >= 15 is 0 Å². The molecule has 1 aromatic heterocycles. The first-order valence-electron chi connectivity index (χ1n) is 5.23. The van der Waals surface area contributed by atoms with Crippen LogP contribution >= 0.6 is 11.6 Å². The smallest absolute Gasteiger partial charge is 0.271 e. The lowest BCUT2D eigenvalue weighted by molar-refractivity contribution is 0.204. The summed E-state index contributed by atoms with van der Waals surface area (Å²) in [5, 5.41) is 0.158. The molecule has 5 nitrogen and oxygen atoms in total. The Bertz CT molecular complexity index is 417. The second-order valence-corrected chi connectivity index (χ2v) is 4.16. The van der Waals surface area contributed by atoms with Crippen molar-refractivity contribution in [3.8, 4) is 0 Å². The molecule has 6 heteroatoms. The van der Waals surface area contributed by atoms with Crippen LogP contribution in [-0.4, -0.2) is 36.3 Å². The molecule has 0 saturated heterocycles. The number of aromatic amines is 1. The number of nitrogens with zero attached hydrogens (tertiary/aromatic N) is 2. The van der Waals surface area contributed by atoms with Crippen molar-refractivity contribution in [3.05, 3.63) is 21.7 Å². The van der Waals surface area contributed by atoms with Crippen molar-refractivity contribution in [1.82, 2.24) is 9.97 Å². The Hall–Kier alpha value is -1.07. The highest BCUT2D eigenvalue weighted by atomic mass is 35.5. The minimum absolute atomic E-state index is 0.158. The molecule has 0 atom stereocenters. The number of ether oxygens (including phenoxy) is 1. The Morgan fingerprint density at radius 3 is 3.06 bits per heavy atom. The lowest BCUT2D eigenvalue weighted by atomic mass is 10.4. The van der Waals surface area contributed by atoms with Gasteiger partial charge in [0.25, 0.3) is 5.56 Å². The van der Waals surface area contributed by atoms with Gasteiger partial charge in [0.2, 0.25) is 0 Å². The van der Waals surface area contributed by atoms with Gasteiger partial charge in [-0.3, -0.25) is 4.79 Å². The summed E-state index contributed by atoms with van der Waals surface area (Å²) in [5.74, 6) is 0.560. The van der Waals surface area contributed by atoms with Gasteiger partial charge >= 0.3 is 0 Å². The van der Waals surface area contributed by atoms with Crippen LogP contribution in [0.2, 0.25) is 5.02 Å². The lowest BCUT2D eigenvalue weighted by Crippen LogP contribution is -2.31. The van der Waals surface area contributed by atoms with Gasteiger partial charge in [-0.05, 0) is 12.8 Å². The molecule has 0 amide bonds. The van der Waals surface area contributed by atoms with E-state index in [0.717, 1.165) is 12.8 Å². The highest BCUT2D eigenvalue weighted by molar-refractivity contribution is 6.32. The fourth-order valence-electron chi connectivity index (χ4n) is 1.61. The molecule has 1 aliphatic carbocycles. The molecule has 0 spiro atoms. The van der Waals surface area contributed by atoms with E-state index in [4.69, 9.17) is 16.3 Å². The fraction of sp³-hybridized carbons (Fsp3) is 0.600. The third-order valence-corrected chi connectivity index (χ3v) is 2.91. The van der Waals surface area contributed by atoms with Crippen molar-refractivity contribution in [2.24, 2.45) is 0 Å². The Morgan fingerprint density at radius 2 is 2.44 bits per heavy atom. The first-order chi connectivity index (χ1) is 7.74. The molecule has 1 aliphatic rings. The summed E-state index contributed by atoms with van der Waals surface area (Å²) in [7, 11) is 1.65. The summed E-state index contributed by atoms with van der Waals surface area (Å²) in [6.45, 7) is 1.30. The zero-order valence-corrected chi connectivity index (χ0v) is 9.83. The number of H-pyrrole nitrogens is 1. The first-order valence-corrected chi connectivity index (χ1v) is 5.60. The number of aromatic nitrogens is 2. The summed E-state index contributed by atoms with van der Waals surface area (Å²) < 4.78 is 5.04. The van der Waals surface area contributed by atoms with Crippen LogP contribution in [-0.2, 0) is 4.74 Å². The Labute approximate surface area is 98.4 Å². The fourth-order valence-corrected chi connectivity index (χ4v) is 1.82. The number of halogens is 1. The topological polar surface area (TPSA) is 58.2 Å². The van der Waals surface area contributed by atoms with E-state index in [9.17, 15) is 4.79 Å². The normalized spacial score (nSPS) is 15.1. The average molecular weight is 244 g/mol. The molecule has 1 N–H and O–H groups in total. The molecule has 88 valence electrons. The summed E-state index contributed by atoms with van der Waals surface area (Å²) in [6, 6.07) is 0.446. The first kappa shape index (κ1) is 11.4. The van der Waals surface area contributed by atoms with Gasteiger partial charge in [-0.15, -0.1) is 0 Å². The summed E-state index contributed by atoms with van der Waals surface area (Å²) in [4.78, 5) is 20.0. The molecule has 1 heterocycles. The van der Waals surface area contributed by atoms with E-state index in [1.54, 1.807) is 7.11 Å². The lowest BCUT2D eigenvalue weighted by Gasteiger charge is -2.23. The SMILES string of the molecule is COCCN(c1nc[nH]c(=O)c1Cl)C1CC1. The van der Waals surface area contributed by atoms with Crippen LogP contribution in [0.15, 0.2) is 11.1 Å². The minimum Gasteiger partial charge on any atom is -0.383 e. The minimum atomic E-state index is -0.297. The number of rotatable bonds is 5. The Morgan fingerprint density at radius 1 is 1.69 bits per heavy atom. The van der Waals surface area contributed by atoms with E-state index < -0.39 is 0 Å². The summed E-state index contributed by atoms with van der Waals surface area (Å²) in [6.07, 6.45) is 3.62. The third-order valence-electron chi connectivity index (χ3n) is 2.57. The van der Waals surface area contributed by atoms with E-state index in [-0.39, 0.29) is 10.6 Å². The highest BCUT2D eigenvalue weighted by Crippen LogP contribution is 2.32. The monoisotopic (exact) mass is 243 g/mol.